The van der Waals surface area contributed by atoms with Gasteiger partial charge in [-0.25, -0.2) is 0 Å². The number of methoxy groups -OCH3 is 1. The van der Waals surface area contributed by atoms with Crippen molar-refractivity contribution in [3.8, 4) is 0 Å². The minimum absolute atomic E-state index is 0.183. The van der Waals surface area contributed by atoms with Gasteiger partial charge < -0.3 is 9.64 Å². The fraction of sp³-hybridized carbons (Fsp3) is 0.364. The molecule has 0 radical (unpaired) electrons. The average molecular weight is 272 g/mol. The van der Waals surface area contributed by atoms with Crippen molar-refractivity contribution in [3.63, 3.8) is 0 Å². The number of hydrogen-bond acceptors (Lipinski definition) is 3. The summed E-state index contributed by atoms with van der Waals surface area (Å²) in [5, 5.41) is 0. The first-order valence-electron chi connectivity index (χ1n) is 4.67. The van der Waals surface area contributed by atoms with Crippen molar-refractivity contribution >= 4 is 27.6 Å². The molecule has 4 heteroatoms. The Balaban J connectivity index is 2.53. The van der Waals surface area contributed by atoms with Gasteiger partial charge in [-0.2, -0.15) is 0 Å². The Labute approximate surface area is 98.2 Å². The zero-order valence-corrected chi connectivity index (χ0v) is 10.5. The number of halogens is 1. The monoisotopic (exact) mass is 271 g/mol. The molecule has 0 heterocycles. The summed E-state index contributed by atoms with van der Waals surface area (Å²) in [6, 6.07) is 7.95. The fourth-order valence-corrected chi connectivity index (χ4v) is 1.59. The van der Waals surface area contributed by atoms with Gasteiger partial charge in [-0.15, -0.1) is 0 Å². The number of nitrogens with zero attached hydrogens (tertiary/aromatic N) is 1. The van der Waals surface area contributed by atoms with Crippen molar-refractivity contribution in [2.45, 2.75) is 6.42 Å². The summed E-state index contributed by atoms with van der Waals surface area (Å²) in [7, 11) is 3.35. The molecule has 0 aliphatic heterocycles. The van der Waals surface area contributed by atoms with Gasteiger partial charge >= 0.3 is 5.97 Å². The summed E-state index contributed by atoms with van der Waals surface area (Å²) >= 11 is 3.41. The molecule has 82 valence electrons. The van der Waals surface area contributed by atoms with E-state index < -0.39 is 0 Å². The molecule has 1 rings (SSSR count). The lowest BCUT2D eigenvalue weighted by Gasteiger charge is -2.18. The molecule has 0 aromatic heterocycles. The molecule has 3 nitrogen and oxygen atoms in total. The molecule has 0 amide bonds. The predicted octanol–water partition coefficient (Wildman–Crippen LogP) is 2.45. The maximum Gasteiger partial charge on any atom is 0.307 e. The van der Waals surface area contributed by atoms with Gasteiger partial charge in [-0.3, -0.25) is 4.79 Å². The third-order valence-electron chi connectivity index (χ3n) is 2.13. The van der Waals surface area contributed by atoms with Crippen LogP contribution < -0.4 is 4.90 Å². The van der Waals surface area contributed by atoms with Crippen LogP contribution in [0, 0.1) is 0 Å². The first-order valence-corrected chi connectivity index (χ1v) is 5.46. The van der Waals surface area contributed by atoms with Gasteiger partial charge in [0.2, 0.25) is 0 Å². The van der Waals surface area contributed by atoms with E-state index >= 15 is 0 Å². The van der Waals surface area contributed by atoms with Crippen LogP contribution in [0.1, 0.15) is 6.42 Å². The molecule has 0 atom stereocenters. The molecular weight excluding hydrogens is 258 g/mol. The molecule has 0 fully saturated rings. The molecule has 15 heavy (non-hydrogen) atoms. The summed E-state index contributed by atoms with van der Waals surface area (Å²) < 4.78 is 5.62. The third-order valence-corrected chi connectivity index (χ3v) is 2.62. The van der Waals surface area contributed by atoms with Crippen molar-refractivity contribution < 1.29 is 9.53 Å². The Morgan fingerprint density at radius 2 is 2.27 bits per heavy atom. The second-order valence-corrected chi connectivity index (χ2v) is 4.14. The van der Waals surface area contributed by atoms with E-state index in [2.05, 4.69) is 20.7 Å². The summed E-state index contributed by atoms with van der Waals surface area (Å²) in [5.41, 5.74) is 1.08. The van der Waals surface area contributed by atoms with Crippen molar-refractivity contribution in [1.82, 2.24) is 0 Å². The highest BCUT2D eigenvalue weighted by atomic mass is 79.9. The number of ether oxygens (including phenoxy) is 1. The molecule has 0 aliphatic carbocycles. The Kier molecular flexibility index (Phi) is 4.62. The van der Waals surface area contributed by atoms with E-state index in [-0.39, 0.29) is 5.97 Å². The molecule has 0 bridgehead atoms. The van der Waals surface area contributed by atoms with E-state index in [4.69, 9.17) is 0 Å². The second kappa shape index (κ2) is 5.75. The molecular formula is C11H14BrNO2. The summed E-state index contributed by atoms with van der Waals surface area (Å²) in [5.74, 6) is -0.183. The highest BCUT2D eigenvalue weighted by Crippen LogP contribution is 2.18. The van der Waals surface area contributed by atoms with E-state index in [9.17, 15) is 4.79 Å². The first kappa shape index (κ1) is 12.0. The smallest absolute Gasteiger partial charge is 0.307 e. The molecule has 0 saturated carbocycles. The summed E-state index contributed by atoms with van der Waals surface area (Å²) in [4.78, 5) is 13.0. The second-order valence-electron chi connectivity index (χ2n) is 3.23. The van der Waals surface area contributed by atoms with E-state index in [0.717, 1.165) is 10.2 Å². The number of carbonyl (C=O) groups excluding carboxylic acids is 1. The van der Waals surface area contributed by atoms with Gasteiger partial charge in [-0.1, -0.05) is 22.0 Å². The van der Waals surface area contributed by atoms with E-state index in [1.54, 1.807) is 0 Å². The van der Waals surface area contributed by atoms with Gasteiger partial charge in [0, 0.05) is 23.8 Å². The van der Waals surface area contributed by atoms with Crippen LogP contribution in [0.25, 0.3) is 0 Å². The van der Waals surface area contributed by atoms with Crippen LogP contribution in [-0.4, -0.2) is 26.7 Å². The zero-order chi connectivity index (χ0) is 11.3. The quantitative estimate of drug-likeness (QED) is 0.788. The zero-order valence-electron chi connectivity index (χ0n) is 8.87. The lowest BCUT2D eigenvalue weighted by atomic mass is 10.3. The molecule has 0 unspecified atom stereocenters. The lowest BCUT2D eigenvalue weighted by Crippen LogP contribution is -2.21. The SMILES string of the molecule is COC(=O)CCN(C)c1cccc(Br)c1. The number of anilines is 1. The largest absolute Gasteiger partial charge is 0.469 e. The van der Waals surface area contributed by atoms with Gasteiger partial charge in [-0.05, 0) is 18.2 Å². The van der Waals surface area contributed by atoms with Crippen LogP contribution in [0.3, 0.4) is 0 Å². The van der Waals surface area contributed by atoms with Gasteiger partial charge in [0.15, 0.2) is 0 Å². The van der Waals surface area contributed by atoms with Crippen molar-refractivity contribution in [1.29, 1.82) is 0 Å². The van der Waals surface area contributed by atoms with E-state index in [1.807, 2.05) is 36.2 Å². The van der Waals surface area contributed by atoms with Gasteiger partial charge in [0.25, 0.3) is 0 Å². The minimum Gasteiger partial charge on any atom is -0.469 e. The Hall–Kier alpha value is -1.03. The fourth-order valence-electron chi connectivity index (χ4n) is 1.20. The molecule has 1 aromatic carbocycles. The number of benzene rings is 1. The number of rotatable bonds is 4. The highest BCUT2D eigenvalue weighted by Gasteiger charge is 2.05. The predicted molar refractivity (Wildman–Crippen MR) is 64.0 cm³/mol. The number of carbonyl (C=O) groups is 1. The van der Waals surface area contributed by atoms with Crippen LogP contribution in [-0.2, 0) is 9.53 Å². The lowest BCUT2D eigenvalue weighted by molar-refractivity contribution is -0.140. The molecule has 0 N–H and O–H groups in total. The Morgan fingerprint density at radius 1 is 1.53 bits per heavy atom. The highest BCUT2D eigenvalue weighted by molar-refractivity contribution is 9.10. The summed E-state index contributed by atoms with van der Waals surface area (Å²) in [6.45, 7) is 0.656. The topological polar surface area (TPSA) is 29.5 Å². The van der Waals surface area contributed by atoms with Crippen molar-refractivity contribution in [2.75, 3.05) is 25.6 Å². The minimum atomic E-state index is -0.183. The molecule has 0 spiro atoms. The van der Waals surface area contributed by atoms with Crippen LogP contribution in [0.5, 0.6) is 0 Å². The standard InChI is InChI=1S/C11H14BrNO2/c1-13(7-6-11(14)15-2)10-5-3-4-9(12)8-10/h3-5,8H,6-7H2,1-2H3. The van der Waals surface area contributed by atoms with Crippen molar-refractivity contribution in [3.05, 3.63) is 28.7 Å². The van der Waals surface area contributed by atoms with E-state index in [0.29, 0.717) is 13.0 Å². The molecule has 1 aromatic rings. The Morgan fingerprint density at radius 3 is 2.87 bits per heavy atom. The first-order chi connectivity index (χ1) is 7.13. The maximum absolute atomic E-state index is 11.0. The molecule has 0 saturated heterocycles. The van der Waals surface area contributed by atoms with Crippen LogP contribution in [0.15, 0.2) is 28.7 Å². The van der Waals surface area contributed by atoms with Crippen LogP contribution in [0.2, 0.25) is 0 Å². The van der Waals surface area contributed by atoms with E-state index in [1.165, 1.54) is 7.11 Å². The van der Waals surface area contributed by atoms with Crippen LogP contribution in [0.4, 0.5) is 5.69 Å². The number of esters is 1. The van der Waals surface area contributed by atoms with Crippen LogP contribution >= 0.6 is 15.9 Å². The third kappa shape index (κ3) is 3.91. The normalized spacial score (nSPS) is 9.80. The average Bonchev–Trinajstić information content (AvgIpc) is 2.25. The van der Waals surface area contributed by atoms with Gasteiger partial charge in [0.05, 0.1) is 13.5 Å². The number of hydrogen-bond donors (Lipinski definition) is 0. The summed E-state index contributed by atoms with van der Waals surface area (Å²) in [6.07, 6.45) is 0.402. The maximum atomic E-state index is 11.0. The van der Waals surface area contributed by atoms with Gasteiger partial charge in [0.1, 0.15) is 0 Å². The van der Waals surface area contributed by atoms with Crippen molar-refractivity contribution in [2.24, 2.45) is 0 Å². The molecule has 0 aliphatic rings. The Bertz CT molecular complexity index is 341.